The van der Waals surface area contributed by atoms with Crippen molar-refractivity contribution >= 4 is 0 Å². The van der Waals surface area contributed by atoms with E-state index < -0.39 is 0 Å². The van der Waals surface area contributed by atoms with E-state index >= 15 is 0 Å². The van der Waals surface area contributed by atoms with Gasteiger partial charge in [-0.25, -0.2) is 0 Å². The summed E-state index contributed by atoms with van der Waals surface area (Å²) < 4.78 is 5.67. The van der Waals surface area contributed by atoms with E-state index in [1.165, 1.54) is 17.5 Å². The minimum absolute atomic E-state index is 0.166. The molecule has 1 aliphatic heterocycles. The van der Waals surface area contributed by atoms with E-state index in [0.717, 1.165) is 31.7 Å². The van der Waals surface area contributed by atoms with Crippen molar-refractivity contribution in [2.24, 2.45) is 5.73 Å². The molecule has 2 nitrogen and oxygen atoms in total. The van der Waals surface area contributed by atoms with E-state index in [1.54, 1.807) is 0 Å². The zero-order chi connectivity index (χ0) is 11.6. The summed E-state index contributed by atoms with van der Waals surface area (Å²) in [6.45, 7) is 6.07. The number of fused-ring (bicyclic) bond motifs is 1. The van der Waals surface area contributed by atoms with Crippen molar-refractivity contribution in [3.8, 4) is 5.75 Å². The van der Waals surface area contributed by atoms with E-state index in [0.29, 0.717) is 0 Å². The van der Waals surface area contributed by atoms with Crippen LogP contribution in [0.15, 0.2) is 18.2 Å². The lowest BCUT2D eigenvalue weighted by Gasteiger charge is -2.15. The zero-order valence-corrected chi connectivity index (χ0v) is 10.3. The van der Waals surface area contributed by atoms with Gasteiger partial charge in [-0.3, -0.25) is 0 Å². The van der Waals surface area contributed by atoms with Crippen molar-refractivity contribution in [2.75, 3.05) is 13.2 Å². The Balaban J connectivity index is 2.13. The van der Waals surface area contributed by atoms with Gasteiger partial charge in [0.05, 0.1) is 6.61 Å². The summed E-state index contributed by atoms with van der Waals surface area (Å²) in [5.74, 6) is 1.06. The van der Waals surface area contributed by atoms with Crippen LogP contribution in [0.4, 0.5) is 0 Å². The molecule has 1 aromatic carbocycles. The van der Waals surface area contributed by atoms with Crippen LogP contribution in [0.25, 0.3) is 0 Å². The topological polar surface area (TPSA) is 35.2 Å². The number of nitrogens with two attached hydrogens (primary N) is 1. The Labute approximate surface area is 97.8 Å². The van der Waals surface area contributed by atoms with E-state index in [9.17, 15) is 0 Å². The molecule has 88 valence electrons. The average Bonchev–Trinajstić information content (AvgIpc) is 2.56. The summed E-state index contributed by atoms with van der Waals surface area (Å²) in [5, 5.41) is 0. The van der Waals surface area contributed by atoms with Crippen LogP contribution in [0, 0.1) is 0 Å². The highest BCUT2D eigenvalue weighted by atomic mass is 16.5. The summed E-state index contributed by atoms with van der Waals surface area (Å²) in [4.78, 5) is 0. The molecule has 0 spiro atoms. The van der Waals surface area contributed by atoms with Crippen LogP contribution < -0.4 is 10.5 Å². The van der Waals surface area contributed by atoms with Crippen LogP contribution in [-0.4, -0.2) is 13.2 Å². The monoisotopic (exact) mass is 219 g/mol. The van der Waals surface area contributed by atoms with Gasteiger partial charge in [0.15, 0.2) is 0 Å². The zero-order valence-electron chi connectivity index (χ0n) is 10.3. The standard InChI is InChI=1S/C14H21NO/c1-14(2)10-16-13-7-6-11(9-12(13)14)5-3-4-8-15/h6-7,9H,3-5,8,10,15H2,1-2H3. The molecule has 2 N–H and O–H groups in total. The molecule has 2 rings (SSSR count). The quantitative estimate of drug-likeness (QED) is 0.790. The molecule has 0 bridgehead atoms. The van der Waals surface area contributed by atoms with Crippen LogP contribution in [-0.2, 0) is 11.8 Å². The van der Waals surface area contributed by atoms with E-state index in [1.807, 2.05) is 0 Å². The van der Waals surface area contributed by atoms with Gasteiger partial charge in [-0.1, -0.05) is 26.0 Å². The molecule has 2 heteroatoms. The molecule has 0 unspecified atom stereocenters. The SMILES string of the molecule is CC1(C)COc2ccc(CCCCN)cc21. The molecule has 0 aromatic heterocycles. The van der Waals surface area contributed by atoms with Gasteiger partial charge in [0.1, 0.15) is 5.75 Å². The second kappa shape index (κ2) is 4.46. The average molecular weight is 219 g/mol. The highest BCUT2D eigenvalue weighted by Gasteiger charge is 2.31. The lowest BCUT2D eigenvalue weighted by Crippen LogP contribution is -2.18. The van der Waals surface area contributed by atoms with Gasteiger partial charge in [-0.15, -0.1) is 0 Å². The first-order valence-electron chi connectivity index (χ1n) is 6.10. The van der Waals surface area contributed by atoms with Gasteiger partial charge < -0.3 is 10.5 Å². The fraction of sp³-hybridized carbons (Fsp3) is 0.571. The van der Waals surface area contributed by atoms with Crippen molar-refractivity contribution in [3.63, 3.8) is 0 Å². The Kier molecular flexibility index (Phi) is 3.20. The highest BCUT2D eigenvalue weighted by Crippen LogP contribution is 2.38. The number of hydrogen-bond donors (Lipinski definition) is 1. The molecule has 1 heterocycles. The summed E-state index contributed by atoms with van der Waals surface area (Å²) in [6, 6.07) is 6.59. The van der Waals surface area contributed by atoms with Crippen LogP contribution in [0.1, 0.15) is 37.8 Å². The molecular formula is C14H21NO. The summed E-state index contributed by atoms with van der Waals surface area (Å²) in [7, 11) is 0. The number of unbranched alkanes of at least 4 members (excludes halogenated alkanes) is 1. The Morgan fingerprint density at radius 2 is 2.12 bits per heavy atom. The minimum Gasteiger partial charge on any atom is -0.492 e. The Morgan fingerprint density at radius 1 is 1.31 bits per heavy atom. The maximum atomic E-state index is 5.67. The van der Waals surface area contributed by atoms with Crippen LogP contribution in [0.3, 0.4) is 0 Å². The number of aryl methyl sites for hydroxylation is 1. The third-order valence-electron chi connectivity index (χ3n) is 3.28. The first-order chi connectivity index (χ1) is 7.63. The first kappa shape index (κ1) is 11.5. The maximum Gasteiger partial charge on any atom is 0.123 e. The molecule has 0 aliphatic carbocycles. The third-order valence-corrected chi connectivity index (χ3v) is 3.28. The number of hydrogen-bond acceptors (Lipinski definition) is 2. The lowest BCUT2D eigenvalue weighted by molar-refractivity contribution is 0.291. The molecule has 1 aromatic rings. The molecule has 0 atom stereocenters. The molecule has 1 aliphatic rings. The lowest BCUT2D eigenvalue weighted by atomic mass is 9.86. The molecule has 0 radical (unpaired) electrons. The normalized spacial score (nSPS) is 16.9. The number of rotatable bonds is 4. The fourth-order valence-electron chi connectivity index (χ4n) is 2.20. The van der Waals surface area contributed by atoms with Crippen LogP contribution in [0.2, 0.25) is 0 Å². The summed E-state index contributed by atoms with van der Waals surface area (Å²) in [5.41, 5.74) is 8.44. The minimum atomic E-state index is 0.166. The maximum absolute atomic E-state index is 5.67. The third kappa shape index (κ3) is 2.22. The predicted molar refractivity (Wildman–Crippen MR) is 67.0 cm³/mol. The fourth-order valence-corrected chi connectivity index (χ4v) is 2.20. The van der Waals surface area contributed by atoms with E-state index in [-0.39, 0.29) is 5.41 Å². The number of benzene rings is 1. The molecule has 0 fully saturated rings. The summed E-state index contributed by atoms with van der Waals surface area (Å²) in [6.07, 6.45) is 3.41. The van der Waals surface area contributed by atoms with Crippen LogP contribution in [0.5, 0.6) is 5.75 Å². The largest absolute Gasteiger partial charge is 0.492 e. The van der Waals surface area contributed by atoms with Gasteiger partial charge >= 0.3 is 0 Å². The van der Waals surface area contributed by atoms with Gasteiger partial charge in [0.25, 0.3) is 0 Å². The van der Waals surface area contributed by atoms with E-state index in [4.69, 9.17) is 10.5 Å². The van der Waals surface area contributed by atoms with Gasteiger partial charge in [-0.2, -0.15) is 0 Å². The van der Waals surface area contributed by atoms with Crippen molar-refractivity contribution in [2.45, 2.75) is 38.5 Å². The van der Waals surface area contributed by atoms with Gasteiger partial charge in [0, 0.05) is 11.0 Å². The first-order valence-corrected chi connectivity index (χ1v) is 6.10. The highest BCUT2D eigenvalue weighted by molar-refractivity contribution is 5.45. The van der Waals surface area contributed by atoms with Gasteiger partial charge in [0.2, 0.25) is 0 Å². The van der Waals surface area contributed by atoms with E-state index in [2.05, 4.69) is 32.0 Å². The molecular weight excluding hydrogens is 198 g/mol. The van der Waals surface area contributed by atoms with Crippen molar-refractivity contribution in [3.05, 3.63) is 29.3 Å². The van der Waals surface area contributed by atoms with Crippen LogP contribution >= 0.6 is 0 Å². The molecule has 0 saturated heterocycles. The number of ether oxygens (including phenoxy) is 1. The van der Waals surface area contributed by atoms with Gasteiger partial charge in [-0.05, 0) is 37.4 Å². The molecule has 0 amide bonds. The van der Waals surface area contributed by atoms with Crippen molar-refractivity contribution in [1.82, 2.24) is 0 Å². The molecule has 16 heavy (non-hydrogen) atoms. The Bertz CT molecular complexity index is 371. The Morgan fingerprint density at radius 3 is 2.88 bits per heavy atom. The predicted octanol–water partition coefficient (Wildman–Crippen LogP) is 2.64. The second-order valence-corrected chi connectivity index (χ2v) is 5.25. The second-order valence-electron chi connectivity index (χ2n) is 5.25. The van der Waals surface area contributed by atoms with Crippen molar-refractivity contribution in [1.29, 1.82) is 0 Å². The summed E-state index contributed by atoms with van der Waals surface area (Å²) >= 11 is 0. The smallest absolute Gasteiger partial charge is 0.123 e. The Hall–Kier alpha value is -1.02. The van der Waals surface area contributed by atoms with Crippen molar-refractivity contribution < 1.29 is 4.74 Å². The molecule has 0 saturated carbocycles.